The maximum atomic E-state index is 12.8. The van der Waals surface area contributed by atoms with E-state index in [-0.39, 0.29) is 11.8 Å². The summed E-state index contributed by atoms with van der Waals surface area (Å²) in [5.74, 6) is -0.529. The summed E-state index contributed by atoms with van der Waals surface area (Å²) in [7, 11) is 0. The number of aromatic nitrogens is 2. The second kappa shape index (κ2) is 7.74. The van der Waals surface area contributed by atoms with Crippen LogP contribution in [0.4, 0.5) is 0 Å². The molecule has 0 radical (unpaired) electrons. The summed E-state index contributed by atoms with van der Waals surface area (Å²) in [4.78, 5) is 33.5. The van der Waals surface area contributed by atoms with Crippen molar-refractivity contribution in [2.24, 2.45) is 0 Å². The van der Waals surface area contributed by atoms with Gasteiger partial charge in [-0.2, -0.15) is 0 Å². The molecule has 1 aromatic carbocycles. The molecule has 6 nitrogen and oxygen atoms in total. The number of pyridine rings is 2. The van der Waals surface area contributed by atoms with E-state index in [4.69, 9.17) is 0 Å². The number of fused-ring (bicyclic) bond motifs is 1. The third-order valence-corrected chi connectivity index (χ3v) is 4.01. The average molecular weight is 348 g/mol. The zero-order valence-corrected chi connectivity index (χ0v) is 14.7. The molecule has 1 unspecified atom stereocenters. The normalized spacial score (nSPS) is 11.8. The summed E-state index contributed by atoms with van der Waals surface area (Å²) in [6, 6.07) is 12.3. The van der Waals surface area contributed by atoms with Gasteiger partial charge in [0, 0.05) is 29.9 Å². The maximum absolute atomic E-state index is 12.8. The molecular formula is C20H20N4O2. The van der Waals surface area contributed by atoms with E-state index < -0.39 is 6.04 Å². The Labute approximate surface area is 151 Å². The van der Waals surface area contributed by atoms with E-state index in [1.54, 1.807) is 25.4 Å². The van der Waals surface area contributed by atoms with Crippen LogP contribution in [0.3, 0.4) is 0 Å². The number of carbonyl (C=O) groups excluding carboxylic acids is 2. The van der Waals surface area contributed by atoms with Crippen molar-refractivity contribution in [1.29, 1.82) is 0 Å². The van der Waals surface area contributed by atoms with Crippen LogP contribution in [0.1, 0.15) is 24.2 Å². The highest BCUT2D eigenvalue weighted by Gasteiger charge is 2.19. The molecule has 0 aliphatic heterocycles. The first-order valence-corrected chi connectivity index (χ1v) is 8.49. The molecule has 0 saturated carbocycles. The van der Waals surface area contributed by atoms with Gasteiger partial charge in [-0.05, 0) is 38.1 Å². The van der Waals surface area contributed by atoms with Gasteiger partial charge in [0.15, 0.2) is 0 Å². The van der Waals surface area contributed by atoms with Crippen molar-refractivity contribution < 1.29 is 9.59 Å². The highest BCUT2D eigenvalue weighted by molar-refractivity contribution is 6.08. The van der Waals surface area contributed by atoms with Crippen molar-refractivity contribution in [2.75, 3.05) is 6.54 Å². The zero-order chi connectivity index (χ0) is 18.5. The number of amides is 2. The van der Waals surface area contributed by atoms with E-state index in [1.807, 2.05) is 43.3 Å². The number of likely N-dealkylation sites (N-methyl/N-ethyl adjacent to an activating group) is 1. The van der Waals surface area contributed by atoms with Crippen LogP contribution >= 0.6 is 0 Å². The van der Waals surface area contributed by atoms with Crippen molar-refractivity contribution in [3.63, 3.8) is 0 Å². The Hall–Kier alpha value is -3.28. The SMILES string of the molecule is CCNC(=O)C(C)NC(=O)c1cc(-c2cccnc2)nc2ccccc12. The Morgan fingerprint density at radius 2 is 1.96 bits per heavy atom. The molecular weight excluding hydrogens is 328 g/mol. The Morgan fingerprint density at radius 1 is 1.15 bits per heavy atom. The molecule has 2 N–H and O–H groups in total. The van der Waals surface area contributed by atoms with Gasteiger partial charge in [-0.3, -0.25) is 14.6 Å². The first kappa shape index (κ1) is 17.5. The molecule has 2 heterocycles. The summed E-state index contributed by atoms with van der Waals surface area (Å²) in [6.45, 7) is 4.01. The minimum absolute atomic E-state index is 0.216. The fourth-order valence-electron chi connectivity index (χ4n) is 2.69. The second-order valence-electron chi connectivity index (χ2n) is 5.90. The monoisotopic (exact) mass is 348 g/mol. The molecule has 26 heavy (non-hydrogen) atoms. The molecule has 6 heteroatoms. The van der Waals surface area contributed by atoms with Gasteiger partial charge in [0.25, 0.3) is 5.91 Å². The van der Waals surface area contributed by atoms with Gasteiger partial charge in [-0.25, -0.2) is 4.98 Å². The smallest absolute Gasteiger partial charge is 0.252 e. The molecule has 132 valence electrons. The predicted molar refractivity (Wildman–Crippen MR) is 101 cm³/mol. The van der Waals surface area contributed by atoms with Crippen LogP contribution in [0.5, 0.6) is 0 Å². The Balaban J connectivity index is 2.01. The number of carbonyl (C=O) groups is 2. The van der Waals surface area contributed by atoms with E-state index in [0.717, 1.165) is 10.9 Å². The van der Waals surface area contributed by atoms with Crippen LogP contribution in [0, 0.1) is 0 Å². The van der Waals surface area contributed by atoms with Gasteiger partial charge < -0.3 is 10.6 Å². The van der Waals surface area contributed by atoms with E-state index in [0.29, 0.717) is 23.3 Å². The number of nitrogens with zero attached hydrogens (tertiary/aromatic N) is 2. The molecule has 0 bridgehead atoms. The van der Waals surface area contributed by atoms with E-state index in [2.05, 4.69) is 20.6 Å². The molecule has 0 aliphatic carbocycles. The van der Waals surface area contributed by atoms with E-state index in [1.165, 1.54) is 0 Å². The minimum atomic E-state index is -0.629. The number of hydrogen-bond acceptors (Lipinski definition) is 4. The van der Waals surface area contributed by atoms with Crippen molar-refractivity contribution >= 4 is 22.7 Å². The summed E-state index contributed by atoms with van der Waals surface area (Å²) in [6.07, 6.45) is 3.39. The fourth-order valence-corrected chi connectivity index (χ4v) is 2.69. The lowest BCUT2D eigenvalue weighted by Gasteiger charge is -2.15. The molecule has 0 fully saturated rings. The highest BCUT2D eigenvalue weighted by Crippen LogP contribution is 2.24. The molecule has 2 aromatic heterocycles. The first-order chi connectivity index (χ1) is 12.6. The number of hydrogen-bond donors (Lipinski definition) is 2. The topological polar surface area (TPSA) is 84.0 Å². The first-order valence-electron chi connectivity index (χ1n) is 8.49. The lowest BCUT2D eigenvalue weighted by Crippen LogP contribution is -2.44. The maximum Gasteiger partial charge on any atom is 0.252 e. The Kier molecular flexibility index (Phi) is 5.22. The number of benzene rings is 1. The van der Waals surface area contributed by atoms with Crippen LogP contribution < -0.4 is 10.6 Å². The van der Waals surface area contributed by atoms with Gasteiger partial charge in [0.2, 0.25) is 5.91 Å². The van der Waals surface area contributed by atoms with Crippen molar-refractivity contribution in [3.8, 4) is 11.3 Å². The molecule has 0 aliphatic rings. The number of nitrogens with one attached hydrogen (secondary N) is 2. The highest BCUT2D eigenvalue weighted by atomic mass is 16.2. The minimum Gasteiger partial charge on any atom is -0.355 e. The summed E-state index contributed by atoms with van der Waals surface area (Å²) < 4.78 is 0. The fraction of sp³-hybridized carbons (Fsp3) is 0.200. The second-order valence-corrected chi connectivity index (χ2v) is 5.90. The molecule has 3 rings (SSSR count). The largest absolute Gasteiger partial charge is 0.355 e. The molecule has 2 amide bonds. The van der Waals surface area contributed by atoms with Gasteiger partial charge in [-0.15, -0.1) is 0 Å². The van der Waals surface area contributed by atoms with Gasteiger partial charge in [0.05, 0.1) is 16.8 Å². The lowest BCUT2D eigenvalue weighted by molar-refractivity contribution is -0.122. The van der Waals surface area contributed by atoms with Crippen LogP contribution in [0.2, 0.25) is 0 Å². The molecule has 0 spiro atoms. The van der Waals surface area contributed by atoms with E-state index >= 15 is 0 Å². The molecule has 0 saturated heterocycles. The van der Waals surface area contributed by atoms with E-state index in [9.17, 15) is 9.59 Å². The van der Waals surface area contributed by atoms with Gasteiger partial charge in [-0.1, -0.05) is 18.2 Å². The summed E-state index contributed by atoms with van der Waals surface area (Å²) in [5.41, 5.74) is 2.67. The van der Waals surface area contributed by atoms with Crippen LogP contribution in [0.25, 0.3) is 22.2 Å². The van der Waals surface area contributed by atoms with Gasteiger partial charge in [0.1, 0.15) is 6.04 Å². The Morgan fingerprint density at radius 3 is 2.69 bits per heavy atom. The van der Waals surface area contributed by atoms with Crippen LogP contribution in [-0.2, 0) is 4.79 Å². The van der Waals surface area contributed by atoms with Crippen molar-refractivity contribution in [2.45, 2.75) is 19.9 Å². The van der Waals surface area contributed by atoms with Crippen molar-refractivity contribution in [1.82, 2.24) is 20.6 Å². The molecule has 1 atom stereocenters. The zero-order valence-electron chi connectivity index (χ0n) is 14.7. The van der Waals surface area contributed by atoms with Crippen LogP contribution in [-0.4, -0.2) is 34.4 Å². The third kappa shape index (κ3) is 3.69. The van der Waals surface area contributed by atoms with Gasteiger partial charge >= 0.3 is 0 Å². The standard InChI is InChI=1S/C20H20N4O2/c1-3-22-19(25)13(2)23-20(26)16-11-18(14-7-6-10-21-12-14)24-17-9-5-4-8-15(16)17/h4-13H,3H2,1-2H3,(H,22,25)(H,23,26). The van der Waals surface area contributed by atoms with Crippen LogP contribution in [0.15, 0.2) is 54.9 Å². The summed E-state index contributed by atoms with van der Waals surface area (Å²) >= 11 is 0. The average Bonchev–Trinajstić information content (AvgIpc) is 2.67. The number of rotatable bonds is 5. The molecule has 3 aromatic rings. The summed E-state index contributed by atoms with van der Waals surface area (Å²) in [5, 5.41) is 6.20. The lowest BCUT2D eigenvalue weighted by atomic mass is 10.0. The predicted octanol–water partition coefficient (Wildman–Crippen LogP) is 2.55. The third-order valence-electron chi connectivity index (χ3n) is 4.01. The Bertz CT molecular complexity index is 941. The van der Waals surface area contributed by atoms with Crippen molar-refractivity contribution in [3.05, 3.63) is 60.4 Å². The quantitative estimate of drug-likeness (QED) is 0.742. The number of para-hydroxylation sites is 1.